The molecule has 0 amide bonds. The van der Waals surface area contributed by atoms with Crippen LogP contribution in [-0.4, -0.2) is 20.8 Å². The zero-order chi connectivity index (χ0) is 13.0. The molecule has 1 aromatic carbocycles. The predicted molar refractivity (Wildman–Crippen MR) is 68.0 cm³/mol. The van der Waals surface area contributed by atoms with E-state index in [1.807, 2.05) is 30.3 Å². The van der Waals surface area contributed by atoms with Crippen LogP contribution in [-0.2, 0) is 6.54 Å². The first-order valence-corrected chi connectivity index (χ1v) is 5.84. The molecule has 0 fully saturated rings. The van der Waals surface area contributed by atoms with Crippen LogP contribution < -0.4 is 5.32 Å². The molecule has 1 heterocycles. The highest BCUT2D eigenvalue weighted by molar-refractivity contribution is 5.40. The van der Waals surface area contributed by atoms with Gasteiger partial charge >= 0.3 is 0 Å². The van der Waals surface area contributed by atoms with Crippen LogP contribution >= 0.6 is 0 Å². The van der Waals surface area contributed by atoms with Gasteiger partial charge < -0.3 is 5.32 Å². The summed E-state index contributed by atoms with van der Waals surface area (Å²) in [5.41, 5.74) is 2.07. The van der Waals surface area contributed by atoms with E-state index in [0.29, 0.717) is 6.04 Å². The molecule has 2 rings (SSSR count). The number of benzene rings is 1. The summed E-state index contributed by atoms with van der Waals surface area (Å²) >= 11 is 0. The van der Waals surface area contributed by atoms with Crippen molar-refractivity contribution >= 4 is 0 Å². The summed E-state index contributed by atoms with van der Waals surface area (Å²) in [6, 6.07) is 10.3. The molecule has 0 saturated heterocycles. The predicted octanol–water partition coefficient (Wildman–Crippen LogP) is 1.64. The van der Waals surface area contributed by atoms with Gasteiger partial charge in [-0.05, 0) is 11.6 Å². The van der Waals surface area contributed by atoms with E-state index < -0.39 is 0 Å². The molecule has 0 aliphatic carbocycles. The molecule has 1 N–H and O–H groups in total. The number of nitrogens with one attached hydrogen (secondary N) is 1. The summed E-state index contributed by atoms with van der Waals surface area (Å²) in [5, 5.41) is 16.2. The highest BCUT2D eigenvalue weighted by Gasteiger charge is 2.07. The van der Waals surface area contributed by atoms with Crippen LogP contribution in [0.25, 0.3) is 5.69 Å². The second-order valence-electron chi connectivity index (χ2n) is 4.29. The molecule has 0 saturated carbocycles. The van der Waals surface area contributed by atoms with Crippen molar-refractivity contribution in [2.75, 3.05) is 0 Å². The first kappa shape index (κ1) is 12.3. The van der Waals surface area contributed by atoms with Gasteiger partial charge in [-0.15, -0.1) is 5.10 Å². The van der Waals surface area contributed by atoms with Gasteiger partial charge in [-0.3, -0.25) is 0 Å². The van der Waals surface area contributed by atoms with Crippen LogP contribution in [0, 0.1) is 11.3 Å². The first-order chi connectivity index (χ1) is 8.70. The van der Waals surface area contributed by atoms with Crippen LogP contribution in [0.2, 0.25) is 0 Å². The second-order valence-corrected chi connectivity index (χ2v) is 4.29. The number of hydrogen-bond donors (Lipinski definition) is 1. The number of aromatic nitrogens is 3. The maximum absolute atomic E-state index is 8.74. The molecule has 1 aromatic heterocycles. The third-order valence-corrected chi connectivity index (χ3v) is 2.53. The summed E-state index contributed by atoms with van der Waals surface area (Å²) in [4.78, 5) is 3.92. The van der Waals surface area contributed by atoms with Gasteiger partial charge in [0.2, 0.25) is 0 Å². The Bertz CT molecular complexity index is 565. The lowest BCUT2D eigenvalue weighted by Gasteiger charge is -2.11. The highest BCUT2D eigenvalue weighted by atomic mass is 15.3. The normalized spacial score (nSPS) is 10.6. The molecule has 5 heteroatoms. The van der Waals surface area contributed by atoms with Crippen LogP contribution in [0.1, 0.15) is 25.2 Å². The molecular weight excluding hydrogens is 226 g/mol. The van der Waals surface area contributed by atoms with Crippen molar-refractivity contribution in [3.8, 4) is 11.8 Å². The van der Waals surface area contributed by atoms with Gasteiger partial charge in [0, 0.05) is 12.6 Å². The van der Waals surface area contributed by atoms with E-state index in [1.54, 1.807) is 11.0 Å². The van der Waals surface area contributed by atoms with Crippen molar-refractivity contribution < 1.29 is 0 Å². The quantitative estimate of drug-likeness (QED) is 0.883. The Kier molecular flexibility index (Phi) is 3.70. The molecule has 92 valence electrons. The Morgan fingerprint density at radius 2 is 2.17 bits per heavy atom. The van der Waals surface area contributed by atoms with Crippen LogP contribution in [0.15, 0.2) is 30.6 Å². The van der Waals surface area contributed by atoms with E-state index in [0.717, 1.165) is 17.8 Å². The number of nitrogens with zero attached hydrogens (tertiary/aromatic N) is 4. The van der Waals surface area contributed by atoms with Crippen molar-refractivity contribution in [3.05, 3.63) is 42.0 Å². The fraction of sp³-hybridized carbons (Fsp3) is 0.308. The van der Waals surface area contributed by atoms with Gasteiger partial charge in [0.1, 0.15) is 12.4 Å². The fourth-order valence-electron chi connectivity index (χ4n) is 1.63. The van der Waals surface area contributed by atoms with Gasteiger partial charge in [-0.1, -0.05) is 32.0 Å². The zero-order valence-corrected chi connectivity index (χ0v) is 10.5. The van der Waals surface area contributed by atoms with Gasteiger partial charge in [0.15, 0.2) is 0 Å². The number of nitriles is 1. The number of para-hydroxylation sites is 1. The lowest BCUT2D eigenvalue weighted by Crippen LogP contribution is -2.22. The summed E-state index contributed by atoms with van der Waals surface area (Å²) in [7, 11) is 0. The van der Waals surface area contributed by atoms with Crippen molar-refractivity contribution in [1.82, 2.24) is 20.1 Å². The van der Waals surface area contributed by atoms with E-state index in [2.05, 4.69) is 29.2 Å². The van der Waals surface area contributed by atoms with Gasteiger partial charge in [-0.2, -0.15) is 5.26 Å². The summed E-state index contributed by atoms with van der Waals surface area (Å²) in [5.74, 6) is 0.182. The standard InChI is InChI=1S/C13H15N5/c1-10(2)15-8-11-5-3-4-6-12(11)18-9-16-13(7-14)17-18/h3-6,9-10,15H,8H2,1-2H3. The Hall–Kier alpha value is -2.19. The van der Waals surface area contributed by atoms with Gasteiger partial charge in [-0.25, -0.2) is 9.67 Å². The maximum Gasteiger partial charge on any atom is 0.252 e. The Balaban J connectivity index is 2.29. The minimum absolute atomic E-state index is 0.182. The molecule has 18 heavy (non-hydrogen) atoms. The molecule has 0 spiro atoms. The molecule has 5 nitrogen and oxygen atoms in total. The summed E-state index contributed by atoms with van der Waals surface area (Å²) in [6.45, 7) is 4.97. The molecular formula is C13H15N5. The molecule has 0 aliphatic heterocycles. The molecule has 0 unspecified atom stereocenters. The van der Waals surface area contributed by atoms with E-state index in [1.165, 1.54) is 0 Å². The molecule has 0 bridgehead atoms. The number of hydrogen-bond acceptors (Lipinski definition) is 4. The van der Waals surface area contributed by atoms with Crippen LogP contribution in [0.4, 0.5) is 0 Å². The van der Waals surface area contributed by atoms with E-state index in [-0.39, 0.29) is 5.82 Å². The summed E-state index contributed by atoms with van der Waals surface area (Å²) in [6.07, 6.45) is 1.56. The Morgan fingerprint density at radius 1 is 1.39 bits per heavy atom. The first-order valence-electron chi connectivity index (χ1n) is 5.84. The van der Waals surface area contributed by atoms with E-state index in [4.69, 9.17) is 5.26 Å². The van der Waals surface area contributed by atoms with Crippen LogP contribution in [0.5, 0.6) is 0 Å². The highest BCUT2D eigenvalue weighted by Crippen LogP contribution is 2.13. The van der Waals surface area contributed by atoms with Crippen molar-refractivity contribution in [1.29, 1.82) is 5.26 Å². The van der Waals surface area contributed by atoms with Gasteiger partial charge in [0.25, 0.3) is 5.82 Å². The monoisotopic (exact) mass is 241 g/mol. The van der Waals surface area contributed by atoms with Crippen molar-refractivity contribution in [2.45, 2.75) is 26.4 Å². The smallest absolute Gasteiger partial charge is 0.252 e. The third kappa shape index (κ3) is 2.73. The topological polar surface area (TPSA) is 66.5 Å². The van der Waals surface area contributed by atoms with E-state index >= 15 is 0 Å². The molecule has 0 radical (unpaired) electrons. The Labute approximate surface area is 106 Å². The largest absolute Gasteiger partial charge is 0.310 e. The minimum Gasteiger partial charge on any atom is -0.310 e. The van der Waals surface area contributed by atoms with Crippen molar-refractivity contribution in [2.24, 2.45) is 0 Å². The lowest BCUT2D eigenvalue weighted by molar-refractivity contribution is 0.586. The van der Waals surface area contributed by atoms with Gasteiger partial charge in [0.05, 0.1) is 5.69 Å². The van der Waals surface area contributed by atoms with E-state index in [9.17, 15) is 0 Å². The molecule has 0 atom stereocenters. The lowest BCUT2D eigenvalue weighted by atomic mass is 10.1. The third-order valence-electron chi connectivity index (χ3n) is 2.53. The maximum atomic E-state index is 8.74. The zero-order valence-electron chi connectivity index (χ0n) is 10.5. The second kappa shape index (κ2) is 5.43. The van der Waals surface area contributed by atoms with Crippen LogP contribution in [0.3, 0.4) is 0 Å². The fourth-order valence-corrected chi connectivity index (χ4v) is 1.63. The molecule has 2 aromatic rings. The Morgan fingerprint density at radius 3 is 2.83 bits per heavy atom. The van der Waals surface area contributed by atoms with Crippen molar-refractivity contribution in [3.63, 3.8) is 0 Å². The summed E-state index contributed by atoms with van der Waals surface area (Å²) < 4.78 is 1.63. The average molecular weight is 241 g/mol. The SMILES string of the molecule is CC(C)NCc1ccccc1-n1cnc(C#N)n1. The minimum atomic E-state index is 0.182. The number of rotatable bonds is 4. The molecule has 0 aliphatic rings. The average Bonchev–Trinajstić information content (AvgIpc) is 2.85.